The molecule has 0 unspecified atom stereocenters. The first kappa shape index (κ1) is 27.2. The lowest BCUT2D eigenvalue weighted by Crippen LogP contribution is -2.17. The van der Waals surface area contributed by atoms with Crippen LogP contribution in [0.25, 0.3) is 6.08 Å². The number of ether oxygens (including phenoxy) is 1. The van der Waals surface area contributed by atoms with Crippen molar-refractivity contribution < 1.29 is 14.4 Å². The van der Waals surface area contributed by atoms with E-state index >= 15 is 0 Å². The Kier molecular flexibility index (Phi) is 7.46. The normalized spacial score (nSPS) is 16.9. The molecule has 0 amide bonds. The van der Waals surface area contributed by atoms with Gasteiger partial charge in [0.15, 0.2) is 0 Å². The molecule has 42 heavy (non-hydrogen) atoms. The molecule has 0 radical (unpaired) electrons. The van der Waals surface area contributed by atoms with Crippen LogP contribution < -0.4 is 4.90 Å². The number of thiophene rings is 1. The third-order valence-corrected chi connectivity index (χ3v) is 7.86. The topological polar surface area (TPSA) is 51.1 Å². The molecule has 0 spiro atoms. The van der Waals surface area contributed by atoms with Crippen LogP contribution in [-0.2, 0) is 14.4 Å². The molecule has 6 heteroatoms. The van der Waals surface area contributed by atoms with Crippen LogP contribution in [0.3, 0.4) is 0 Å². The Balaban J connectivity index is 1.35. The second-order valence-corrected chi connectivity index (χ2v) is 12.0. The number of anilines is 3. The first-order valence-corrected chi connectivity index (χ1v) is 14.6. The van der Waals surface area contributed by atoms with Crippen LogP contribution in [0.15, 0.2) is 149 Å². The van der Waals surface area contributed by atoms with Gasteiger partial charge >= 0.3 is 5.97 Å². The quantitative estimate of drug-likeness (QED) is 0.171. The smallest absolute Gasteiger partial charge is 0.368 e. The zero-order valence-corrected chi connectivity index (χ0v) is 24.5. The van der Waals surface area contributed by atoms with Crippen LogP contribution in [0.4, 0.5) is 16.4 Å². The number of carbonyl (C=O) groups excluding carboxylic acids is 1. The fraction of sp³-hybridized carbons (Fsp3) is 0.111. The summed E-state index contributed by atoms with van der Waals surface area (Å²) in [6, 6.07) is 34.5. The Morgan fingerprint density at radius 3 is 2.00 bits per heavy atom. The molecule has 0 atom stereocenters. The van der Waals surface area contributed by atoms with Crippen LogP contribution >= 0.6 is 11.3 Å². The van der Waals surface area contributed by atoms with Crippen molar-refractivity contribution in [2.24, 2.45) is 10.6 Å². The summed E-state index contributed by atoms with van der Waals surface area (Å²) in [6.07, 6.45) is 7.78. The summed E-state index contributed by atoms with van der Waals surface area (Å²) in [5.74, 6) is 0.917. The van der Waals surface area contributed by atoms with E-state index in [2.05, 4.69) is 67.2 Å². The number of hydrogen-bond acceptors (Lipinski definition) is 6. The number of benzene rings is 3. The van der Waals surface area contributed by atoms with Crippen molar-refractivity contribution >= 4 is 45.5 Å². The van der Waals surface area contributed by atoms with E-state index in [9.17, 15) is 4.79 Å². The van der Waals surface area contributed by atoms with Gasteiger partial charge in [0.1, 0.15) is 22.2 Å². The molecule has 0 saturated heterocycles. The van der Waals surface area contributed by atoms with Gasteiger partial charge in [0.05, 0.1) is 5.57 Å². The zero-order valence-electron chi connectivity index (χ0n) is 23.7. The van der Waals surface area contributed by atoms with E-state index in [0.29, 0.717) is 22.6 Å². The number of hydrogen-bond donors (Lipinski definition) is 0. The molecule has 3 aromatic carbocycles. The molecule has 208 valence electrons. The summed E-state index contributed by atoms with van der Waals surface area (Å²) < 4.78 is 6.33. The molecular formula is C36H30N2O3S. The first-order chi connectivity index (χ1) is 20.4. The molecule has 4 aromatic rings. The van der Waals surface area contributed by atoms with Gasteiger partial charge in [0.2, 0.25) is 0 Å². The predicted octanol–water partition coefficient (Wildman–Crippen LogP) is 9.33. The Morgan fingerprint density at radius 1 is 0.762 bits per heavy atom. The number of nitrogens with zero attached hydrogens (tertiary/aromatic N) is 2. The van der Waals surface area contributed by atoms with Crippen molar-refractivity contribution in [3.05, 3.63) is 154 Å². The van der Waals surface area contributed by atoms with Crippen LogP contribution in [-0.4, -0.2) is 11.7 Å². The van der Waals surface area contributed by atoms with E-state index < -0.39 is 5.97 Å². The van der Waals surface area contributed by atoms with E-state index in [-0.39, 0.29) is 5.41 Å². The minimum absolute atomic E-state index is 0.284. The maximum atomic E-state index is 12.9. The maximum absolute atomic E-state index is 12.9. The van der Waals surface area contributed by atoms with Gasteiger partial charge < -0.3 is 14.5 Å². The molecule has 3 heterocycles. The maximum Gasteiger partial charge on any atom is 0.368 e. The molecule has 0 fully saturated rings. The van der Waals surface area contributed by atoms with Gasteiger partial charge in [0, 0.05) is 27.2 Å². The highest BCUT2D eigenvalue weighted by molar-refractivity contribution is 7.17. The lowest BCUT2D eigenvalue weighted by molar-refractivity contribution is -0.136. The third kappa shape index (κ3) is 5.76. The molecule has 0 bridgehead atoms. The van der Waals surface area contributed by atoms with E-state index in [4.69, 9.17) is 9.57 Å². The Morgan fingerprint density at radius 2 is 1.38 bits per heavy atom. The van der Waals surface area contributed by atoms with Gasteiger partial charge in [-0.25, -0.2) is 4.79 Å². The molecule has 0 aliphatic carbocycles. The summed E-state index contributed by atoms with van der Waals surface area (Å²) in [6.45, 7) is 6.25. The van der Waals surface area contributed by atoms with Crippen molar-refractivity contribution in [1.82, 2.24) is 0 Å². The highest BCUT2D eigenvalue weighted by Gasteiger charge is 2.32. The summed E-state index contributed by atoms with van der Waals surface area (Å²) in [5.41, 5.74) is 4.38. The Bertz CT molecular complexity index is 1720. The van der Waals surface area contributed by atoms with Crippen molar-refractivity contribution in [1.29, 1.82) is 0 Å². The summed E-state index contributed by atoms with van der Waals surface area (Å²) in [4.78, 5) is 21.3. The molecule has 0 N–H and O–H groups in total. The Hall–Kier alpha value is -4.94. The lowest BCUT2D eigenvalue weighted by Gasteiger charge is -2.27. The second kappa shape index (κ2) is 11.5. The molecule has 5 nitrogen and oxygen atoms in total. The van der Waals surface area contributed by atoms with E-state index in [1.54, 1.807) is 11.3 Å². The average molecular weight is 571 g/mol. The predicted molar refractivity (Wildman–Crippen MR) is 171 cm³/mol. The zero-order chi connectivity index (χ0) is 29.1. The standard InChI is InChI=1S/C36H30N2O3S/c1-36(2,3)31-24-26(33-34(37-41-35(33)39)25-13-7-4-8-14-25)23-29(40-31)19-20-30-21-22-32(42-30)38(27-15-9-5-10-16-27)28-17-11-6-12-18-28/h4-24H,1-3H3/b20-19-,33-26+. The van der Waals surface area contributed by atoms with Gasteiger partial charge in [-0.2, -0.15) is 0 Å². The number of carbonyl (C=O) groups is 1. The molecule has 1 aromatic heterocycles. The molecule has 2 aliphatic heterocycles. The van der Waals surface area contributed by atoms with E-state index in [0.717, 1.165) is 32.6 Å². The average Bonchev–Trinajstić information content (AvgIpc) is 3.64. The van der Waals surface area contributed by atoms with Crippen LogP contribution in [0, 0.1) is 5.41 Å². The van der Waals surface area contributed by atoms with Crippen LogP contribution in [0.1, 0.15) is 31.2 Å². The van der Waals surface area contributed by atoms with Crippen molar-refractivity contribution in [3.8, 4) is 0 Å². The van der Waals surface area contributed by atoms with E-state index in [1.807, 2.05) is 91.0 Å². The van der Waals surface area contributed by atoms with Gasteiger partial charge in [-0.05, 0) is 66.3 Å². The largest absolute Gasteiger partial charge is 0.461 e. The number of allylic oxidation sites excluding steroid dienone is 5. The monoisotopic (exact) mass is 570 g/mol. The number of oxime groups is 1. The van der Waals surface area contributed by atoms with Crippen LogP contribution in [0.2, 0.25) is 0 Å². The van der Waals surface area contributed by atoms with Crippen molar-refractivity contribution in [2.45, 2.75) is 20.8 Å². The fourth-order valence-corrected chi connectivity index (χ4v) is 5.67. The second-order valence-electron chi connectivity index (χ2n) is 10.9. The van der Waals surface area contributed by atoms with Gasteiger partial charge in [-0.15, -0.1) is 11.3 Å². The van der Waals surface area contributed by atoms with E-state index in [1.165, 1.54) is 0 Å². The van der Waals surface area contributed by atoms with Crippen LogP contribution in [0.5, 0.6) is 0 Å². The molecule has 6 rings (SSSR count). The highest BCUT2D eigenvalue weighted by Crippen LogP contribution is 2.40. The Labute approximate surface area is 250 Å². The summed E-state index contributed by atoms with van der Waals surface area (Å²) >= 11 is 1.69. The third-order valence-electron chi connectivity index (χ3n) is 6.82. The van der Waals surface area contributed by atoms with Crippen molar-refractivity contribution in [3.63, 3.8) is 0 Å². The minimum atomic E-state index is -0.473. The molecule has 0 saturated carbocycles. The SMILES string of the molecule is CC(C)(C)C1=C/C(=C2/C(=O)ON=C2c2ccccc2)C=C(/C=C\c2ccc(N(c3ccccc3)c3ccccc3)s2)O1. The lowest BCUT2D eigenvalue weighted by atomic mass is 9.89. The minimum Gasteiger partial charge on any atom is -0.461 e. The van der Waals surface area contributed by atoms with Gasteiger partial charge in [0.25, 0.3) is 0 Å². The first-order valence-electron chi connectivity index (χ1n) is 13.8. The molecular weight excluding hydrogens is 540 g/mol. The van der Waals surface area contributed by atoms with Gasteiger partial charge in [-0.3, -0.25) is 0 Å². The highest BCUT2D eigenvalue weighted by atomic mass is 32.1. The summed E-state index contributed by atoms with van der Waals surface area (Å²) in [7, 11) is 0. The summed E-state index contributed by atoms with van der Waals surface area (Å²) in [5, 5.41) is 5.21. The number of rotatable bonds is 6. The van der Waals surface area contributed by atoms with Gasteiger partial charge in [-0.1, -0.05) is 92.7 Å². The fourth-order valence-electron chi connectivity index (χ4n) is 4.71. The number of para-hydroxylation sites is 2. The van der Waals surface area contributed by atoms with Crippen molar-refractivity contribution in [2.75, 3.05) is 4.90 Å². The molecule has 2 aliphatic rings.